The Kier molecular flexibility index (Phi) is 5.06. The fraction of sp³-hybridized carbons (Fsp3) is 0.320. The Bertz CT molecular complexity index is 1270. The summed E-state index contributed by atoms with van der Waals surface area (Å²) in [6, 6.07) is 13.9. The molecule has 0 aliphatic carbocycles. The van der Waals surface area contributed by atoms with Crippen molar-refractivity contribution in [2.75, 3.05) is 13.1 Å². The number of hydrogen-bond acceptors (Lipinski definition) is 6. The quantitative estimate of drug-likeness (QED) is 0.507. The van der Waals surface area contributed by atoms with Crippen molar-refractivity contribution in [3.63, 3.8) is 0 Å². The minimum absolute atomic E-state index is 0.179. The van der Waals surface area contributed by atoms with E-state index in [0.29, 0.717) is 40.4 Å². The summed E-state index contributed by atoms with van der Waals surface area (Å²) in [5.74, 6) is 0.393. The summed E-state index contributed by atoms with van der Waals surface area (Å²) in [7, 11) is 0. The second-order valence-electron chi connectivity index (χ2n) is 8.92. The Balaban J connectivity index is 1.37. The molecular weight excluding hydrogens is 404 g/mol. The van der Waals surface area contributed by atoms with Crippen molar-refractivity contribution < 1.29 is 13.7 Å². The van der Waals surface area contributed by atoms with Gasteiger partial charge in [-0.15, -0.1) is 0 Å². The number of benzene rings is 1. The summed E-state index contributed by atoms with van der Waals surface area (Å²) in [5, 5.41) is 7.77. The highest BCUT2D eigenvalue weighted by atomic mass is 16.5. The molecular formula is C25H26N4O3. The van der Waals surface area contributed by atoms with Crippen molar-refractivity contribution in [3.8, 4) is 11.5 Å². The molecule has 7 heteroatoms. The van der Waals surface area contributed by atoms with Crippen molar-refractivity contribution in [1.82, 2.24) is 20.4 Å². The molecule has 164 valence electrons. The van der Waals surface area contributed by atoms with Gasteiger partial charge < -0.3 is 14.3 Å². The number of pyridine rings is 1. The number of hydrogen-bond donors (Lipinski definition) is 1. The first-order valence-electron chi connectivity index (χ1n) is 10.8. The van der Waals surface area contributed by atoms with Crippen LogP contribution in [0.2, 0.25) is 0 Å². The van der Waals surface area contributed by atoms with Gasteiger partial charge in [0.15, 0.2) is 5.76 Å². The van der Waals surface area contributed by atoms with Crippen LogP contribution in [-0.2, 0) is 13.0 Å². The predicted molar refractivity (Wildman–Crippen MR) is 121 cm³/mol. The van der Waals surface area contributed by atoms with E-state index in [1.54, 1.807) is 24.5 Å². The number of amides is 1. The molecule has 1 amide bonds. The van der Waals surface area contributed by atoms with E-state index in [0.717, 1.165) is 19.5 Å². The standard InChI is InChI=1S/C25H26N4O3/c1-16-22-19(13-20(21-9-6-12-31-21)27-24(22)32-28-16)23(30)26-15-25(2,3)29-11-10-17-7-4-5-8-18(17)14-29/h4-9,12-13H,10-11,14-15H2,1-3H3,(H,26,30). The Morgan fingerprint density at radius 3 is 2.78 bits per heavy atom. The molecule has 0 fully saturated rings. The molecule has 1 aromatic carbocycles. The molecule has 0 spiro atoms. The van der Waals surface area contributed by atoms with E-state index in [1.807, 2.05) is 6.92 Å². The van der Waals surface area contributed by atoms with Crippen molar-refractivity contribution in [1.29, 1.82) is 0 Å². The Morgan fingerprint density at radius 1 is 1.19 bits per heavy atom. The van der Waals surface area contributed by atoms with Gasteiger partial charge in [-0.3, -0.25) is 9.69 Å². The predicted octanol–water partition coefficient (Wildman–Crippen LogP) is 4.36. The zero-order chi connectivity index (χ0) is 22.3. The van der Waals surface area contributed by atoms with E-state index in [2.05, 4.69) is 58.5 Å². The monoisotopic (exact) mass is 430 g/mol. The summed E-state index contributed by atoms with van der Waals surface area (Å²) >= 11 is 0. The number of fused-ring (bicyclic) bond motifs is 2. The van der Waals surface area contributed by atoms with Crippen molar-refractivity contribution >= 4 is 17.0 Å². The number of carbonyl (C=O) groups is 1. The Labute approximate surface area is 186 Å². The van der Waals surface area contributed by atoms with Gasteiger partial charge in [-0.05, 0) is 56.5 Å². The molecule has 0 radical (unpaired) electrons. The molecule has 5 rings (SSSR count). The highest BCUT2D eigenvalue weighted by Crippen LogP contribution is 2.28. The van der Waals surface area contributed by atoms with Crippen LogP contribution in [0.4, 0.5) is 0 Å². The van der Waals surface area contributed by atoms with Crippen LogP contribution in [0, 0.1) is 6.92 Å². The maximum absolute atomic E-state index is 13.3. The zero-order valence-corrected chi connectivity index (χ0v) is 18.5. The normalized spacial score (nSPS) is 14.5. The molecule has 0 unspecified atom stereocenters. The fourth-order valence-corrected chi connectivity index (χ4v) is 4.34. The molecule has 7 nitrogen and oxygen atoms in total. The number of aryl methyl sites for hydroxylation is 1. The Morgan fingerprint density at radius 2 is 2.00 bits per heavy atom. The van der Waals surface area contributed by atoms with Gasteiger partial charge in [0, 0.05) is 25.2 Å². The average Bonchev–Trinajstić information content (AvgIpc) is 3.47. The lowest BCUT2D eigenvalue weighted by atomic mass is 9.94. The summed E-state index contributed by atoms with van der Waals surface area (Å²) in [6.07, 6.45) is 2.59. The van der Waals surface area contributed by atoms with Crippen LogP contribution in [0.1, 0.15) is 41.0 Å². The van der Waals surface area contributed by atoms with Gasteiger partial charge in [0.1, 0.15) is 5.69 Å². The number of furan rings is 1. The van der Waals surface area contributed by atoms with Gasteiger partial charge in [-0.1, -0.05) is 29.4 Å². The second-order valence-corrected chi connectivity index (χ2v) is 8.92. The number of carbonyl (C=O) groups excluding carboxylic acids is 1. The minimum atomic E-state index is -0.205. The largest absolute Gasteiger partial charge is 0.463 e. The molecule has 1 N–H and O–H groups in total. The summed E-state index contributed by atoms with van der Waals surface area (Å²) in [5.41, 5.74) is 4.55. The third kappa shape index (κ3) is 3.69. The Hall–Kier alpha value is -3.45. The first-order chi connectivity index (χ1) is 15.4. The average molecular weight is 431 g/mol. The van der Waals surface area contributed by atoms with Gasteiger partial charge in [-0.2, -0.15) is 0 Å². The molecule has 4 heterocycles. The highest BCUT2D eigenvalue weighted by Gasteiger charge is 2.31. The van der Waals surface area contributed by atoms with E-state index >= 15 is 0 Å². The van der Waals surface area contributed by atoms with E-state index in [-0.39, 0.29) is 11.4 Å². The van der Waals surface area contributed by atoms with Crippen molar-refractivity contribution in [3.05, 3.63) is 71.1 Å². The van der Waals surface area contributed by atoms with Crippen LogP contribution in [-0.4, -0.2) is 39.6 Å². The van der Waals surface area contributed by atoms with E-state index in [9.17, 15) is 4.79 Å². The molecule has 4 aromatic rings. The van der Waals surface area contributed by atoms with Crippen LogP contribution in [0.15, 0.2) is 57.7 Å². The first-order valence-corrected chi connectivity index (χ1v) is 10.8. The molecule has 32 heavy (non-hydrogen) atoms. The lowest BCUT2D eigenvalue weighted by Gasteiger charge is -2.41. The molecule has 0 bridgehead atoms. The van der Waals surface area contributed by atoms with Gasteiger partial charge in [0.05, 0.1) is 22.9 Å². The topological polar surface area (TPSA) is 84.4 Å². The van der Waals surface area contributed by atoms with E-state index in [1.165, 1.54) is 11.1 Å². The zero-order valence-electron chi connectivity index (χ0n) is 18.5. The summed E-state index contributed by atoms with van der Waals surface area (Å²) < 4.78 is 10.8. The lowest BCUT2D eigenvalue weighted by molar-refractivity contribution is 0.0827. The van der Waals surface area contributed by atoms with Gasteiger partial charge in [0.2, 0.25) is 0 Å². The van der Waals surface area contributed by atoms with Crippen LogP contribution >= 0.6 is 0 Å². The molecule has 0 saturated carbocycles. The third-order valence-corrected chi connectivity index (χ3v) is 6.30. The third-order valence-electron chi connectivity index (χ3n) is 6.30. The molecule has 0 saturated heterocycles. The summed E-state index contributed by atoms with van der Waals surface area (Å²) in [4.78, 5) is 20.2. The molecule has 1 aliphatic rings. The first kappa shape index (κ1) is 20.5. The van der Waals surface area contributed by atoms with Crippen molar-refractivity contribution in [2.45, 2.75) is 39.3 Å². The SMILES string of the molecule is Cc1noc2nc(-c3ccco3)cc(C(=O)NCC(C)(C)N3CCc4ccccc4C3)c12. The molecule has 1 aliphatic heterocycles. The highest BCUT2D eigenvalue weighted by molar-refractivity contribution is 6.06. The van der Waals surface area contributed by atoms with Crippen LogP contribution < -0.4 is 5.32 Å². The van der Waals surface area contributed by atoms with Crippen LogP contribution in [0.3, 0.4) is 0 Å². The molecule has 3 aromatic heterocycles. The number of rotatable bonds is 5. The van der Waals surface area contributed by atoms with Gasteiger partial charge >= 0.3 is 0 Å². The van der Waals surface area contributed by atoms with Crippen LogP contribution in [0.5, 0.6) is 0 Å². The molecule has 0 atom stereocenters. The van der Waals surface area contributed by atoms with Crippen LogP contribution in [0.25, 0.3) is 22.6 Å². The number of nitrogens with zero attached hydrogens (tertiary/aromatic N) is 3. The maximum Gasteiger partial charge on any atom is 0.259 e. The fourth-order valence-electron chi connectivity index (χ4n) is 4.34. The summed E-state index contributed by atoms with van der Waals surface area (Å²) in [6.45, 7) is 8.51. The maximum atomic E-state index is 13.3. The van der Waals surface area contributed by atoms with Crippen molar-refractivity contribution in [2.24, 2.45) is 0 Å². The van der Waals surface area contributed by atoms with Gasteiger partial charge in [0.25, 0.3) is 11.6 Å². The smallest absolute Gasteiger partial charge is 0.259 e. The lowest BCUT2D eigenvalue weighted by Crippen LogP contribution is -2.53. The van der Waals surface area contributed by atoms with Gasteiger partial charge in [-0.25, -0.2) is 4.98 Å². The van der Waals surface area contributed by atoms with E-state index < -0.39 is 0 Å². The number of aromatic nitrogens is 2. The minimum Gasteiger partial charge on any atom is -0.463 e. The second kappa shape index (κ2) is 7.91. The van der Waals surface area contributed by atoms with E-state index in [4.69, 9.17) is 8.94 Å². The number of nitrogens with one attached hydrogen (secondary N) is 1.